The summed E-state index contributed by atoms with van der Waals surface area (Å²) in [6.45, 7) is 1.85. The van der Waals surface area contributed by atoms with Crippen molar-refractivity contribution in [2.45, 2.75) is 13.0 Å². The van der Waals surface area contributed by atoms with Gasteiger partial charge in [0.05, 0.1) is 25.8 Å². The molecule has 3 aromatic rings. The number of amides is 1. The maximum absolute atomic E-state index is 13.2. The third kappa shape index (κ3) is 4.05. The van der Waals surface area contributed by atoms with Crippen molar-refractivity contribution in [1.29, 1.82) is 0 Å². The number of hydrogen-bond acceptors (Lipinski definition) is 5. The third-order valence-electron chi connectivity index (χ3n) is 5.65. The van der Waals surface area contributed by atoms with Gasteiger partial charge >= 0.3 is 0 Å². The molecule has 1 fully saturated rings. The highest BCUT2D eigenvalue weighted by atomic mass is 35.5. The highest BCUT2D eigenvalue weighted by molar-refractivity contribution is 6.51. The topological polar surface area (TPSA) is 76.1 Å². The number of hydrogen-bond donors (Lipinski definition) is 1. The quantitative estimate of drug-likeness (QED) is 0.316. The maximum atomic E-state index is 13.2. The number of benzene rings is 3. The van der Waals surface area contributed by atoms with Crippen LogP contribution in [0.5, 0.6) is 11.5 Å². The second-order valence-corrected chi connectivity index (χ2v) is 8.01. The van der Waals surface area contributed by atoms with Gasteiger partial charge in [0.2, 0.25) is 0 Å². The molecule has 168 valence electrons. The monoisotopic (exact) mass is 463 g/mol. The average molecular weight is 464 g/mol. The van der Waals surface area contributed by atoms with Crippen molar-refractivity contribution >= 4 is 34.7 Å². The number of anilines is 1. The molecule has 3 aromatic carbocycles. The number of aliphatic hydroxyl groups excluding tert-OH is 1. The first kappa shape index (κ1) is 22.4. The minimum atomic E-state index is -0.874. The van der Waals surface area contributed by atoms with Crippen molar-refractivity contribution in [2.75, 3.05) is 19.1 Å². The molecule has 1 amide bonds. The van der Waals surface area contributed by atoms with Crippen molar-refractivity contribution < 1.29 is 24.2 Å². The van der Waals surface area contributed by atoms with E-state index in [1.165, 1.54) is 19.1 Å². The van der Waals surface area contributed by atoms with Crippen LogP contribution < -0.4 is 14.4 Å². The molecule has 1 aliphatic heterocycles. The third-order valence-corrected chi connectivity index (χ3v) is 6.06. The fourth-order valence-electron chi connectivity index (χ4n) is 3.86. The van der Waals surface area contributed by atoms with Gasteiger partial charge in [-0.25, -0.2) is 0 Å². The van der Waals surface area contributed by atoms with Crippen LogP contribution in [-0.4, -0.2) is 31.0 Å². The molecule has 1 aliphatic rings. The molecule has 0 saturated carbocycles. The Labute approximate surface area is 196 Å². The van der Waals surface area contributed by atoms with Crippen molar-refractivity contribution in [3.05, 3.63) is 94.0 Å². The first-order valence-electron chi connectivity index (χ1n) is 10.2. The van der Waals surface area contributed by atoms with E-state index in [0.717, 1.165) is 5.56 Å². The van der Waals surface area contributed by atoms with E-state index in [2.05, 4.69) is 0 Å². The molecule has 0 aliphatic carbocycles. The van der Waals surface area contributed by atoms with Crippen molar-refractivity contribution in [2.24, 2.45) is 0 Å². The van der Waals surface area contributed by atoms with Crippen LogP contribution in [0.2, 0.25) is 5.02 Å². The molecule has 6 nitrogen and oxygen atoms in total. The van der Waals surface area contributed by atoms with Gasteiger partial charge in [-0.05, 0) is 66.6 Å². The number of ether oxygens (including phenoxy) is 2. The van der Waals surface area contributed by atoms with Gasteiger partial charge < -0.3 is 14.6 Å². The summed E-state index contributed by atoms with van der Waals surface area (Å²) in [5.74, 6) is -0.648. The predicted molar refractivity (Wildman–Crippen MR) is 127 cm³/mol. The van der Waals surface area contributed by atoms with E-state index in [-0.39, 0.29) is 11.3 Å². The van der Waals surface area contributed by atoms with E-state index < -0.39 is 17.7 Å². The Kier molecular flexibility index (Phi) is 6.11. The van der Waals surface area contributed by atoms with E-state index in [1.54, 1.807) is 66.7 Å². The summed E-state index contributed by atoms with van der Waals surface area (Å²) in [4.78, 5) is 27.8. The molecule has 4 rings (SSSR count). The van der Waals surface area contributed by atoms with E-state index in [4.69, 9.17) is 21.1 Å². The summed E-state index contributed by atoms with van der Waals surface area (Å²) in [7, 11) is 3.07. The molecule has 0 bridgehead atoms. The van der Waals surface area contributed by atoms with Gasteiger partial charge in [0.15, 0.2) is 0 Å². The van der Waals surface area contributed by atoms with Gasteiger partial charge in [-0.3, -0.25) is 14.5 Å². The lowest BCUT2D eigenvalue weighted by Crippen LogP contribution is -2.29. The Morgan fingerprint density at radius 3 is 2.27 bits per heavy atom. The number of nitrogens with zero attached hydrogens (tertiary/aromatic N) is 1. The van der Waals surface area contributed by atoms with Gasteiger partial charge in [-0.15, -0.1) is 0 Å². The van der Waals surface area contributed by atoms with Gasteiger partial charge in [-0.1, -0.05) is 29.8 Å². The van der Waals surface area contributed by atoms with Gasteiger partial charge in [0.25, 0.3) is 11.7 Å². The highest BCUT2D eigenvalue weighted by Gasteiger charge is 2.47. The zero-order valence-electron chi connectivity index (χ0n) is 18.3. The summed E-state index contributed by atoms with van der Waals surface area (Å²) in [5.41, 5.74) is 2.28. The zero-order valence-corrected chi connectivity index (χ0v) is 19.1. The maximum Gasteiger partial charge on any atom is 0.300 e. The van der Waals surface area contributed by atoms with Gasteiger partial charge in [0, 0.05) is 16.3 Å². The molecule has 0 aromatic heterocycles. The summed E-state index contributed by atoms with van der Waals surface area (Å²) < 4.78 is 10.5. The summed E-state index contributed by atoms with van der Waals surface area (Å²) in [6, 6.07) is 17.9. The standard InChI is InChI=1S/C26H22ClNO5/c1-15-7-10-18(14-21(15)27)28-23(17-5-4-6-20(13-17)33-3)22(25(30)26(28)31)24(29)16-8-11-19(32-2)12-9-16/h4-14,23,29H,1-3H3/b24-22+. The minimum Gasteiger partial charge on any atom is -0.507 e. The summed E-state index contributed by atoms with van der Waals surface area (Å²) in [6.07, 6.45) is 0. The second kappa shape index (κ2) is 9.00. The van der Waals surface area contributed by atoms with Crippen LogP contribution in [0.1, 0.15) is 22.7 Å². The number of rotatable bonds is 5. The predicted octanol–water partition coefficient (Wildman–Crippen LogP) is 5.29. The normalized spacial score (nSPS) is 17.3. The van der Waals surface area contributed by atoms with Crippen LogP contribution in [0.3, 0.4) is 0 Å². The lowest BCUT2D eigenvalue weighted by molar-refractivity contribution is -0.132. The van der Waals surface area contributed by atoms with E-state index in [0.29, 0.717) is 33.3 Å². The Hall–Kier alpha value is -3.77. The van der Waals surface area contributed by atoms with Crippen molar-refractivity contribution in [3.8, 4) is 11.5 Å². The molecule has 1 unspecified atom stereocenters. The Morgan fingerprint density at radius 2 is 1.64 bits per heavy atom. The largest absolute Gasteiger partial charge is 0.507 e. The SMILES string of the molecule is COc1ccc(/C(O)=C2\C(=O)C(=O)N(c3ccc(C)c(Cl)c3)C2c2cccc(OC)c2)cc1. The van der Waals surface area contributed by atoms with Gasteiger partial charge in [-0.2, -0.15) is 0 Å². The van der Waals surface area contributed by atoms with Gasteiger partial charge in [0.1, 0.15) is 17.3 Å². The van der Waals surface area contributed by atoms with Crippen LogP contribution in [0.15, 0.2) is 72.3 Å². The number of aliphatic hydroxyl groups is 1. The molecule has 0 spiro atoms. The molecule has 1 saturated heterocycles. The minimum absolute atomic E-state index is 0.0184. The molecule has 7 heteroatoms. The number of aryl methyl sites for hydroxylation is 1. The second-order valence-electron chi connectivity index (χ2n) is 7.61. The van der Waals surface area contributed by atoms with E-state index >= 15 is 0 Å². The van der Waals surface area contributed by atoms with Crippen LogP contribution in [-0.2, 0) is 9.59 Å². The van der Waals surface area contributed by atoms with Crippen LogP contribution >= 0.6 is 11.6 Å². The lowest BCUT2D eigenvalue weighted by atomic mass is 9.95. The summed E-state index contributed by atoms with van der Waals surface area (Å²) >= 11 is 6.32. The fourth-order valence-corrected chi connectivity index (χ4v) is 4.04. The molecule has 1 heterocycles. The van der Waals surface area contributed by atoms with Crippen molar-refractivity contribution in [1.82, 2.24) is 0 Å². The molecular weight excluding hydrogens is 442 g/mol. The van der Waals surface area contributed by atoms with Crippen molar-refractivity contribution in [3.63, 3.8) is 0 Å². The Morgan fingerprint density at radius 1 is 0.939 bits per heavy atom. The first-order valence-corrected chi connectivity index (χ1v) is 10.6. The number of halogens is 1. The molecule has 0 radical (unpaired) electrons. The van der Waals surface area contributed by atoms with Crippen LogP contribution in [0.25, 0.3) is 5.76 Å². The first-order chi connectivity index (χ1) is 15.8. The smallest absolute Gasteiger partial charge is 0.300 e. The number of methoxy groups -OCH3 is 2. The molecular formula is C26H22ClNO5. The molecule has 1 N–H and O–H groups in total. The molecule has 33 heavy (non-hydrogen) atoms. The zero-order chi connectivity index (χ0) is 23.7. The van der Waals surface area contributed by atoms with E-state index in [1.807, 2.05) is 6.92 Å². The van der Waals surface area contributed by atoms with E-state index in [9.17, 15) is 14.7 Å². The molecule has 1 atom stereocenters. The Balaban J connectivity index is 1.94. The van der Waals surface area contributed by atoms with Crippen LogP contribution in [0, 0.1) is 6.92 Å². The number of Topliss-reactive ketones (excluding diaryl/α,β-unsaturated/α-hetero) is 1. The average Bonchev–Trinajstić information content (AvgIpc) is 3.11. The number of ketones is 1. The fraction of sp³-hybridized carbons (Fsp3) is 0.154. The number of carbonyl (C=O) groups excluding carboxylic acids is 2. The highest BCUT2D eigenvalue weighted by Crippen LogP contribution is 2.43. The van der Waals surface area contributed by atoms with Crippen LogP contribution in [0.4, 0.5) is 5.69 Å². The lowest BCUT2D eigenvalue weighted by Gasteiger charge is -2.26. The summed E-state index contributed by atoms with van der Waals surface area (Å²) in [5, 5.41) is 11.6. The Bertz CT molecular complexity index is 1270. The number of carbonyl (C=O) groups is 2.